The highest BCUT2D eigenvalue weighted by atomic mass is 16.3. The predicted octanol–water partition coefficient (Wildman–Crippen LogP) is 2.18. The van der Waals surface area contributed by atoms with Crippen molar-refractivity contribution in [2.75, 3.05) is 13.1 Å². The number of piperidine rings is 3. The molecule has 5 heteroatoms. The number of hydrogen-bond donors (Lipinski definition) is 1. The molecular weight excluding hydrogens is 278 g/mol. The van der Waals surface area contributed by atoms with Crippen LogP contribution in [0.2, 0.25) is 0 Å². The van der Waals surface area contributed by atoms with Gasteiger partial charge in [-0.15, -0.1) is 0 Å². The predicted molar refractivity (Wildman–Crippen MR) is 81.5 cm³/mol. The van der Waals surface area contributed by atoms with E-state index in [-0.39, 0.29) is 11.4 Å². The van der Waals surface area contributed by atoms with E-state index in [1.54, 1.807) is 12.5 Å². The fourth-order valence-corrected chi connectivity index (χ4v) is 4.53. The molecule has 3 saturated heterocycles. The minimum absolute atomic E-state index is 0.0480. The van der Waals surface area contributed by atoms with E-state index >= 15 is 0 Å². The molecule has 1 N–H and O–H groups in total. The summed E-state index contributed by atoms with van der Waals surface area (Å²) in [6.45, 7) is 2.41. The number of carbonyl (C=O) groups is 1. The van der Waals surface area contributed by atoms with E-state index in [1.165, 1.54) is 38.8 Å². The van der Waals surface area contributed by atoms with Crippen LogP contribution >= 0.6 is 0 Å². The highest BCUT2D eigenvalue weighted by Crippen LogP contribution is 2.53. The number of furan rings is 1. The molecule has 4 fully saturated rings. The van der Waals surface area contributed by atoms with Crippen molar-refractivity contribution in [1.29, 1.82) is 0 Å². The van der Waals surface area contributed by atoms with Crippen LogP contribution in [0.5, 0.6) is 0 Å². The maximum Gasteiger partial charge on any atom is 0.270 e. The molecule has 5 nitrogen and oxygen atoms in total. The van der Waals surface area contributed by atoms with E-state index in [0.29, 0.717) is 17.7 Å². The lowest BCUT2D eigenvalue weighted by Crippen LogP contribution is -2.65. The molecule has 6 rings (SSSR count). The molecule has 0 radical (unpaired) electrons. The molecule has 2 bridgehead atoms. The molecule has 0 unspecified atom stereocenters. The number of fused-ring (bicyclic) bond motifs is 3. The van der Waals surface area contributed by atoms with E-state index in [0.717, 1.165) is 11.0 Å². The fourth-order valence-electron chi connectivity index (χ4n) is 4.53. The smallest absolute Gasteiger partial charge is 0.270 e. The van der Waals surface area contributed by atoms with Gasteiger partial charge in [-0.25, -0.2) is 4.98 Å². The van der Waals surface area contributed by atoms with Gasteiger partial charge >= 0.3 is 0 Å². The number of rotatable bonds is 2. The van der Waals surface area contributed by atoms with Gasteiger partial charge in [0.2, 0.25) is 0 Å². The van der Waals surface area contributed by atoms with Crippen LogP contribution in [0.1, 0.15) is 36.2 Å². The lowest BCUT2D eigenvalue weighted by Gasteiger charge is -2.52. The zero-order valence-corrected chi connectivity index (χ0v) is 12.4. The van der Waals surface area contributed by atoms with Crippen molar-refractivity contribution in [3.63, 3.8) is 0 Å². The quantitative estimate of drug-likeness (QED) is 0.923. The van der Waals surface area contributed by atoms with Gasteiger partial charge in [0.1, 0.15) is 5.69 Å². The molecule has 3 aliphatic heterocycles. The molecule has 4 aliphatic rings. The molecule has 1 spiro atoms. The van der Waals surface area contributed by atoms with Crippen molar-refractivity contribution < 1.29 is 9.21 Å². The SMILES string of the molecule is O=C(N[C@@H]1C2CCN(CC2)C12CC2)c1cc2ccoc2cn1. The zero-order valence-electron chi connectivity index (χ0n) is 12.4. The highest BCUT2D eigenvalue weighted by Gasteiger charge is 2.60. The number of nitrogens with zero attached hydrogens (tertiary/aromatic N) is 2. The molecule has 5 heterocycles. The second kappa shape index (κ2) is 4.32. The van der Waals surface area contributed by atoms with E-state index < -0.39 is 0 Å². The van der Waals surface area contributed by atoms with Crippen LogP contribution in [0.15, 0.2) is 29.0 Å². The Bertz CT molecular complexity index is 741. The van der Waals surface area contributed by atoms with Gasteiger partial charge in [-0.2, -0.15) is 0 Å². The third kappa shape index (κ3) is 1.69. The lowest BCUT2D eigenvalue weighted by molar-refractivity contribution is -0.00152. The minimum Gasteiger partial charge on any atom is -0.463 e. The summed E-state index contributed by atoms with van der Waals surface area (Å²) in [7, 11) is 0. The Morgan fingerprint density at radius 2 is 2.18 bits per heavy atom. The van der Waals surface area contributed by atoms with Gasteiger partial charge in [0.05, 0.1) is 18.5 Å². The monoisotopic (exact) mass is 297 g/mol. The standard InChI is InChI=1S/C17H19N3O2/c21-16(13-9-12-3-8-22-14(12)10-18-13)19-15-11-1-6-20(7-2-11)17(15)4-5-17/h3,8-11,15H,1-2,4-7H2,(H,19,21)/t15-/m1/s1. The summed E-state index contributed by atoms with van der Waals surface area (Å²) in [6, 6.07) is 3.98. The van der Waals surface area contributed by atoms with Crippen LogP contribution in [0.3, 0.4) is 0 Å². The van der Waals surface area contributed by atoms with E-state index in [9.17, 15) is 4.79 Å². The molecule has 1 amide bonds. The summed E-state index contributed by atoms with van der Waals surface area (Å²) < 4.78 is 5.29. The maximum absolute atomic E-state index is 12.6. The molecule has 22 heavy (non-hydrogen) atoms. The topological polar surface area (TPSA) is 58.4 Å². The number of aromatic nitrogens is 1. The fraction of sp³-hybridized carbons (Fsp3) is 0.529. The summed E-state index contributed by atoms with van der Waals surface area (Å²) in [4.78, 5) is 19.5. The third-order valence-electron chi connectivity index (χ3n) is 5.84. The normalized spacial score (nSPS) is 31.5. The molecule has 1 saturated carbocycles. The third-order valence-corrected chi connectivity index (χ3v) is 5.84. The average molecular weight is 297 g/mol. The summed E-state index contributed by atoms with van der Waals surface area (Å²) in [6.07, 6.45) is 8.13. The van der Waals surface area contributed by atoms with Crippen molar-refractivity contribution in [2.45, 2.75) is 37.3 Å². The Hall–Kier alpha value is -1.88. The summed E-state index contributed by atoms with van der Waals surface area (Å²) in [5.74, 6) is 0.585. The van der Waals surface area contributed by atoms with Crippen LogP contribution in [0, 0.1) is 5.92 Å². The maximum atomic E-state index is 12.6. The Balaban J connectivity index is 1.42. The van der Waals surface area contributed by atoms with Gasteiger partial charge in [0.25, 0.3) is 5.91 Å². The molecule has 0 aromatic carbocycles. The first-order valence-corrected chi connectivity index (χ1v) is 8.15. The van der Waals surface area contributed by atoms with Crippen molar-refractivity contribution >= 4 is 16.9 Å². The molecule has 1 atom stereocenters. The molecule has 2 aromatic heterocycles. The van der Waals surface area contributed by atoms with Gasteiger partial charge in [-0.05, 0) is 56.8 Å². The highest BCUT2D eigenvalue weighted by molar-refractivity contribution is 5.95. The van der Waals surface area contributed by atoms with Crippen molar-refractivity contribution in [3.8, 4) is 0 Å². The molecule has 114 valence electrons. The Morgan fingerprint density at radius 1 is 1.36 bits per heavy atom. The van der Waals surface area contributed by atoms with E-state index in [4.69, 9.17) is 4.42 Å². The van der Waals surface area contributed by atoms with Crippen LogP contribution < -0.4 is 5.32 Å². The summed E-state index contributed by atoms with van der Waals surface area (Å²) in [5, 5.41) is 4.23. The molecule has 1 aliphatic carbocycles. The first kappa shape index (κ1) is 12.6. The second-order valence-electron chi connectivity index (χ2n) is 6.91. The van der Waals surface area contributed by atoms with Crippen LogP contribution in [0.4, 0.5) is 0 Å². The van der Waals surface area contributed by atoms with Gasteiger partial charge in [-0.3, -0.25) is 9.69 Å². The van der Waals surface area contributed by atoms with E-state index in [2.05, 4.69) is 15.2 Å². The van der Waals surface area contributed by atoms with Gasteiger partial charge in [0, 0.05) is 10.9 Å². The van der Waals surface area contributed by atoms with E-state index in [1.807, 2.05) is 12.1 Å². The first-order valence-electron chi connectivity index (χ1n) is 8.15. The summed E-state index contributed by atoms with van der Waals surface area (Å²) >= 11 is 0. The first-order chi connectivity index (χ1) is 10.8. The van der Waals surface area contributed by atoms with Crippen LogP contribution in [-0.2, 0) is 0 Å². The summed E-state index contributed by atoms with van der Waals surface area (Å²) in [5.41, 5.74) is 1.47. The number of hydrogen-bond acceptors (Lipinski definition) is 4. The van der Waals surface area contributed by atoms with Gasteiger partial charge in [0.15, 0.2) is 5.58 Å². The minimum atomic E-state index is -0.0480. The Labute approximate surface area is 128 Å². The largest absolute Gasteiger partial charge is 0.463 e. The van der Waals surface area contributed by atoms with Crippen molar-refractivity contribution in [3.05, 3.63) is 30.3 Å². The number of carbonyl (C=O) groups excluding carboxylic acids is 1. The van der Waals surface area contributed by atoms with Gasteiger partial charge in [-0.1, -0.05) is 0 Å². The number of nitrogens with one attached hydrogen (secondary N) is 1. The van der Waals surface area contributed by atoms with Crippen LogP contribution in [0.25, 0.3) is 11.0 Å². The second-order valence-corrected chi connectivity index (χ2v) is 6.91. The lowest BCUT2D eigenvalue weighted by atomic mass is 9.77. The molecular formula is C17H19N3O2. The Morgan fingerprint density at radius 3 is 2.95 bits per heavy atom. The zero-order chi connectivity index (χ0) is 14.7. The molecule has 2 aromatic rings. The van der Waals surface area contributed by atoms with Gasteiger partial charge < -0.3 is 9.73 Å². The Kier molecular flexibility index (Phi) is 2.48. The number of pyridine rings is 1. The van der Waals surface area contributed by atoms with Crippen molar-refractivity contribution in [2.24, 2.45) is 5.92 Å². The number of amides is 1. The van der Waals surface area contributed by atoms with Crippen molar-refractivity contribution in [1.82, 2.24) is 15.2 Å². The average Bonchev–Trinajstić information content (AvgIpc) is 3.18. The van der Waals surface area contributed by atoms with Crippen LogP contribution in [-0.4, -0.2) is 40.5 Å².